The first-order valence-corrected chi connectivity index (χ1v) is 9.49. The number of amides is 1. The van der Waals surface area contributed by atoms with Crippen molar-refractivity contribution < 1.29 is 28.7 Å². The quantitative estimate of drug-likeness (QED) is 0.683. The summed E-state index contributed by atoms with van der Waals surface area (Å²) in [6.07, 6.45) is -0.645. The van der Waals surface area contributed by atoms with Gasteiger partial charge in [0.1, 0.15) is 18.4 Å². The molecule has 2 atom stereocenters. The molecule has 3 rings (SSSR count). The molecule has 1 amide bonds. The van der Waals surface area contributed by atoms with Crippen molar-refractivity contribution in [3.05, 3.63) is 42.1 Å². The van der Waals surface area contributed by atoms with Crippen LogP contribution in [0.25, 0.3) is 10.9 Å². The Balaban J connectivity index is 1.84. The number of fused-ring (bicyclic) bond motifs is 1. The van der Waals surface area contributed by atoms with Crippen molar-refractivity contribution in [3.8, 4) is 0 Å². The molecule has 1 aromatic carbocycles. The Morgan fingerprint density at radius 3 is 2.63 bits per heavy atom. The van der Waals surface area contributed by atoms with Gasteiger partial charge in [-0.15, -0.1) is 0 Å². The third-order valence-corrected chi connectivity index (χ3v) is 5.16. The molecular weight excluding hydrogens is 393 g/mol. The number of nitrogens with zero attached hydrogens (tertiary/aromatic N) is 2. The van der Waals surface area contributed by atoms with Crippen LogP contribution in [0.2, 0.25) is 0 Å². The summed E-state index contributed by atoms with van der Waals surface area (Å²) in [6.45, 7) is 2.11. The Bertz CT molecular complexity index is 1020. The number of hydrogen-bond donors (Lipinski definition) is 2. The number of halogens is 1. The maximum absolute atomic E-state index is 13.0. The Labute approximate surface area is 172 Å². The van der Waals surface area contributed by atoms with Crippen molar-refractivity contribution in [2.45, 2.75) is 38.3 Å². The molecule has 8 nitrogen and oxygen atoms in total. The summed E-state index contributed by atoms with van der Waals surface area (Å²) in [7, 11) is 0. The van der Waals surface area contributed by atoms with E-state index in [0.29, 0.717) is 11.4 Å². The van der Waals surface area contributed by atoms with Crippen molar-refractivity contribution in [2.24, 2.45) is 11.1 Å². The number of pyridine rings is 1. The number of rotatable bonds is 8. The lowest BCUT2D eigenvalue weighted by molar-refractivity contribution is -0.152. The van der Waals surface area contributed by atoms with Gasteiger partial charge in [0.25, 0.3) is 5.91 Å². The molecule has 1 aliphatic heterocycles. The van der Waals surface area contributed by atoms with Gasteiger partial charge in [0, 0.05) is 17.7 Å². The van der Waals surface area contributed by atoms with Gasteiger partial charge in [-0.2, -0.15) is 0 Å². The van der Waals surface area contributed by atoms with Crippen LogP contribution in [0.3, 0.4) is 0 Å². The molecule has 1 aromatic heterocycles. The lowest BCUT2D eigenvalue weighted by Gasteiger charge is -2.30. The maximum atomic E-state index is 13.0. The summed E-state index contributed by atoms with van der Waals surface area (Å²) in [6, 6.07) is 9.73. The molecule has 2 aromatic rings. The molecule has 0 spiro atoms. The summed E-state index contributed by atoms with van der Waals surface area (Å²) in [4.78, 5) is 45.9. The second-order valence-electron chi connectivity index (χ2n) is 7.46. The zero-order chi connectivity index (χ0) is 21.9. The second-order valence-corrected chi connectivity index (χ2v) is 7.46. The van der Waals surface area contributed by atoms with Gasteiger partial charge in [0.15, 0.2) is 5.78 Å². The standard InChI is InChI=1S/C21H22FN3O5/c1-12(2)21(20(29)24-16(9-19(27)28)18(26)11-22)10-17(25-30-21)15-8-7-13-5-3-4-6-14(13)23-15/h3-8,12,16H,9-11H2,1-2H3,(H,24,29)(H,27,28)/t16?,21-/m1/s1. The molecule has 0 fully saturated rings. The van der Waals surface area contributed by atoms with E-state index in [9.17, 15) is 18.8 Å². The van der Waals surface area contributed by atoms with Gasteiger partial charge in [0.05, 0.1) is 17.6 Å². The molecule has 0 saturated carbocycles. The lowest BCUT2D eigenvalue weighted by atomic mass is 9.84. The number of oxime groups is 1. The van der Waals surface area contributed by atoms with Crippen LogP contribution in [0.15, 0.2) is 41.6 Å². The van der Waals surface area contributed by atoms with Crippen molar-refractivity contribution in [2.75, 3.05) is 6.67 Å². The maximum Gasteiger partial charge on any atom is 0.305 e. The van der Waals surface area contributed by atoms with Crippen LogP contribution in [0.1, 0.15) is 32.4 Å². The number of alkyl halides is 1. The number of nitrogens with one attached hydrogen (secondary N) is 1. The Morgan fingerprint density at radius 1 is 1.23 bits per heavy atom. The number of benzene rings is 1. The minimum absolute atomic E-state index is 0.0748. The van der Waals surface area contributed by atoms with E-state index >= 15 is 0 Å². The van der Waals surface area contributed by atoms with Gasteiger partial charge in [-0.3, -0.25) is 14.4 Å². The summed E-state index contributed by atoms with van der Waals surface area (Å²) in [5, 5.41) is 16.3. The first-order chi connectivity index (χ1) is 14.3. The fourth-order valence-corrected chi connectivity index (χ4v) is 3.30. The third-order valence-electron chi connectivity index (χ3n) is 5.16. The van der Waals surface area contributed by atoms with Crippen molar-refractivity contribution in [1.82, 2.24) is 10.3 Å². The van der Waals surface area contributed by atoms with Crippen molar-refractivity contribution >= 4 is 34.3 Å². The number of carbonyl (C=O) groups is 3. The van der Waals surface area contributed by atoms with Crippen LogP contribution in [0.4, 0.5) is 4.39 Å². The summed E-state index contributed by atoms with van der Waals surface area (Å²) in [5.74, 6) is -3.43. The topological polar surface area (TPSA) is 118 Å². The molecule has 0 bridgehead atoms. The van der Waals surface area contributed by atoms with Crippen LogP contribution in [-0.2, 0) is 19.2 Å². The molecule has 1 aliphatic rings. The van der Waals surface area contributed by atoms with Crippen LogP contribution in [0.5, 0.6) is 0 Å². The smallest absolute Gasteiger partial charge is 0.305 e. The summed E-state index contributed by atoms with van der Waals surface area (Å²) in [5.41, 5.74) is 0.303. The minimum Gasteiger partial charge on any atom is -0.481 e. The van der Waals surface area contributed by atoms with E-state index in [-0.39, 0.29) is 12.3 Å². The number of Topliss-reactive ketones (excluding diaryl/α,β-unsaturated/α-hetero) is 1. The van der Waals surface area contributed by atoms with E-state index in [1.54, 1.807) is 19.9 Å². The number of ketones is 1. The fourth-order valence-electron chi connectivity index (χ4n) is 3.30. The van der Waals surface area contributed by atoms with E-state index < -0.39 is 42.4 Å². The van der Waals surface area contributed by atoms with E-state index in [1.165, 1.54) is 0 Å². The zero-order valence-electron chi connectivity index (χ0n) is 16.6. The normalized spacial score (nSPS) is 19.3. The van der Waals surface area contributed by atoms with Crippen LogP contribution < -0.4 is 5.32 Å². The lowest BCUT2D eigenvalue weighted by Crippen LogP contribution is -2.55. The number of carboxylic acids is 1. The molecule has 1 unspecified atom stereocenters. The van der Waals surface area contributed by atoms with Gasteiger partial charge in [0.2, 0.25) is 5.60 Å². The number of hydrogen-bond acceptors (Lipinski definition) is 6. The molecule has 2 heterocycles. The van der Waals surface area contributed by atoms with Gasteiger partial charge < -0.3 is 15.3 Å². The predicted molar refractivity (Wildman–Crippen MR) is 107 cm³/mol. The number of aliphatic carboxylic acids is 1. The molecule has 158 valence electrons. The Hall–Kier alpha value is -3.36. The van der Waals surface area contributed by atoms with Gasteiger partial charge >= 0.3 is 5.97 Å². The molecule has 2 N–H and O–H groups in total. The van der Waals surface area contributed by atoms with Gasteiger partial charge in [-0.25, -0.2) is 9.37 Å². The van der Waals surface area contributed by atoms with Gasteiger partial charge in [-0.1, -0.05) is 43.3 Å². The predicted octanol–water partition coefficient (Wildman–Crippen LogP) is 2.25. The SMILES string of the molecule is CC(C)[C@@]1(C(=O)NC(CC(=O)O)C(=O)CF)CC(c2ccc3ccccc3n2)=NO1. The third kappa shape index (κ3) is 4.14. The minimum atomic E-state index is -1.48. The number of para-hydroxylation sites is 1. The van der Waals surface area contributed by atoms with E-state index in [1.807, 2.05) is 30.3 Å². The fraction of sp³-hybridized carbons (Fsp3) is 0.381. The highest BCUT2D eigenvalue weighted by Gasteiger charge is 2.50. The Kier molecular flexibility index (Phi) is 6.09. The van der Waals surface area contributed by atoms with Crippen LogP contribution in [-0.4, -0.2) is 51.8 Å². The molecule has 0 aliphatic carbocycles. The Morgan fingerprint density at radius 2 is 1.97 bits per heavy atom. The monoisotopic (exact) mass is 415 g/mol. The first kappa shape index (κ1) is 21.4. The summed E-state index contributed by atoms with van der Waals surface area (Å²) >= 11 is 0. The molecule has 0 saturated heterocycles. The molecule has 0 radical (unpaired) electrons. The average Bonchev–Trinajstić information content (AvgIpc) is 3.19. The summed E-state index contributed by atoms with van der Waals surface area (Å²) < 4.78 is 12.8. The highest BCUT2D eigenvalue weighted by molar-refractivity contribution is 6.06. The first-order valence-electron chi connectivity index (χ1n) is 9.49. The number of aromatic nitrogens is 1. The average molecular weight is 415 g/mol. The number of carboxylic acid groups (broad SMARTS) is 1. The zero-order valence-corrected chi connectivity index (χ0v) is 16.6. The number of carbonyl (C=O) groups excluding carboxylic acids is 2. The van der Waals surface area contributed by atoms with E-state index in [2.05, 4.69) is 15.5 Å². The van der Waals surface area contributed by atoms with E-state index in [0.717, 1.165) is 10.9 Å². The molecule has 30 heavy (non-hydrogen) atoms. The molecule has 9 heteroatoms. The van der Waals surface area contributed by atoms with Crippen molar-refractivity contribution in [3.63, 3.8) is 0 Å². The van der Waals surface area contributed by atoms with Crippen molar-refractivity contribution in [1.29, 1.82) is 0 Å². The van der Waals surface area contributed by atoms with E-state index in [4.69, 9.17) is 9.94 Å². The van der Waals surface area contributed by atoms with Crippen LogP contribution in [0, 0.1) is 5.92 Å². The van der Waals surface area contributed by atoms with Gasteiger partial charge in [-0.05, 0) is 12.1 Å². The molecular formula is C21H22FN3O5. The van der Waals surface area contributed by atoms with Crippen LogP contribution >= 0.6 is 0 Å². The highest BCUT2D eigenvalue weighted by atomic mass is 19.1. The second kappa shape index (κ2) is 8.56. The highest BCUT2D eigenvalue weighted by Crippen LogP contribution is 2.34. The largest absolute Gasteiger partial charge is 0.481 e.